The molecule has 2 bridgehead atoms. The van der Waals surface area contributed by atoms with Gasteiger partial charge in [0.15, 0.2) is 0 Å². The van der Waals surface area contributed by atoms with Crippen molar-refractivity contribution in [2.45, 2.75) is 101 Å². The van der Waals surface area contributed by atoms with Gasteiger partial charge in [-0.15, -0.1) is 0 Å². The number of nitrogens with one attached hydrogen (secondary N) is 1. The van der Waals surface area contributed by atoms with Crippen molar-refractivity contribution in [1.82, 2.24) is 35.0 Å². The van der Waals surface area contributed by atoms with Crippen LogP contribution in [0.3, 0.4) is 0 Å². The zero-order chi connectivity index (χ0) is 59.9. The first kappa shape index (κ1) is 74.0. The van der Waals surface area contributed by atoms with Crippen molar-refractivity contribution in [2.24, 2.45) is 5.92 Å². The number of nitrogens with zero attached hydrogens (tertiary/aromatic N) is 6. The molecule has 14 nitrogen and oxygen atoms in total. The minimum Gasteiger partial charge on any atom is -0.445 e. The van der Waals surface area contributed by atoms with E-state index < -0.39 is 12.2 Å². The normalized spacial score (nSPS) is 18.2. The highest BCUT2D eigenvalue weighted by atomic mass is 19.1. The predicted molar refractivity (Wildman–Crippen MR) is 362 cm³/mol. The van der Waals surface area contributed by atoms with Gasteiger partial charge in [-0.25, -0.2) is 42.5 Å². The molecule has 2 fully saturated rings. The van der Waals surface area contributed by atoms with Crippen LogP contribution in [0.2, 0.25) is 0 Å². The number of ether oxygens (including phenoxy) is 4. The number of carbonyl (C=O) groups is 3. The van der Waals surface area contributed by atoms with Gasteiger partial charge in [0, 0.05) is 69.5 Å². The Labute approximate surface area is 547 Å². The Morgan fingerprint density at radius 3 is 1.29 bits per heavy atom. The fourth-order valence-electron chi connectivity index (χ4n) is 11.9. The molecule has 5 aliphatic heterocycles. The number of amides is 2. The molecule has 2 amide bonds. The van der Waals surface area contributed by atoms with Gasteiger partial charge in [-0.05, 0) is 149 Å². The molecule has 9 aromatic rings. The van der Waals surface area contributed by atoms with Gasteiger partial charge in [0.25, 0.3) is 0 Å². The van der Waals surface area contributed by atoms with Crippen molar-refractivity contribution >= 4 is 18.3 Å². The van der Waals surface area contributed by atoms with Crippen molar-refractivity contribution in [1.29, 1.82) is 0 Å². The maximum Gasteiger partial charge on any atom is 0.522 e. The lowest BCUT2D eigenvalue weighted by Crippen LogP contribution is -2.45. The maximum atomic E-state index is 13.5. The molecular weight excluding hydrogens is 1180 g/mol. The lowest BCUT2D eigenvalue weighted by Gasteiger charge is -2.38. The van der Waals surface area contributed by atoms with Crippen molar-refractivity contribution in [3.8, 4) is 17.6 Å². The fraction of sp³-hybridized carbons (Fsp3) is 0.289. The molecule has 0 radical (unpaired) electrons. The first-order valence-electron chi connectivity index (χ1n) is 29.1. The molecule has 93 heavy (non-hydrogen) atoms. The van der Waals surface area contributed by atoms with Gasteiger partial charge in [0.05, 0.1) is 18.1 Å². The second-order valence-corrected chi connectivity index (χ2v) is 21.6. The molecule has 6 aromatic carbocycles. The third-order valence-corrected chi connectivity index (χ3v) is 15.9. The summed E-state index contributed by atoms with van der Waals surface area (Å²) >= 11 is 0. The number of halogens is 3. The summed E-state index contributed by atoms with van der Waals surface area (Å²) in [7, 11) is 0. The smallest absolute Gasteiger partial charge is 0.445 e. The lowest BCUT2D eigenvalue weighted by atomic mass is 9.88. The van der Waals surface area contributed by atoms with Crippen LogP contribution in [0.5, 0.6) is 17.6 Å². The Morgan fingerprint density at radius 1 is 0.430 bits per heavy atom. The molecule has 6 atom stereocenters. The molecule has 0 spiro atoms. The number of aromatic nitrogens is 3. The number of hydrogen-bond acceptors (Lipinski definition) is 12. The number of carbonyl (C=O) groups excluding carboxylic acids is 3. The first-order valence-corrected chi connectivity index (χ1v) is 29.1. The van der Waals surface area contributed by atoms with E-state index in [-0.39, 0.29) is 110 Å². The SMILES string of the molecule is C.C.C.C.C.C.Fc1ccc([C@@H]2NCCc3ccccc32)cc1.O=C(OC1CC2CCN(C2)C1)N1CCc2ccccc2[C@@H]1c1ccc(F)cc1.O=C(Oc1ccccn1)N1CCc2ccccc2[C@@H]1c1ccc(F)cc1.O=C(Oc1ccccn1)Oc1ccccn1. The molecule has 0 aliphatic carbocycles. The van der Waals surface area contributed by atoms with Gasteiger partial charge in [-0.3, -0.25) is 14.7 Å². The number of piperidine rings is 1. The molecule has 8 heterocycles. The highest BCUT2D eigenvalue weighted by Crippen LogP contribution is 2.38. The molecule has 17 heteroatoms. The molecule has 5 aliphatic rings. The summed E-state index contributed by atoms with van der Waals surface area (Å²) in [5.74, 6) is 0.523. The van der Waals surface area contributed by atoms with E-state index in [1.165, 1.54) is 77.5 Å². The van der Waals surface area contributed by atoms with Crippen LogP contribution in [0.4, 0.5) is 27.6 Å². The summed E-state index contributed by atoms with van der Waals surface area (Å²) in [5, 5.41) is 3.49. The van der Waals surface area contributed by atoms with E-state index in [4.69, 9.17) is 18.9 Å². The van der Waals surface area contributed by atoms with Gasteiger partial charge in [-0.1, -0.05) is 172 Å². The Hall–Kier alpha value is -9.71. The highest BCUT2D eigenvalue weighted by Gasteiger charge is 2.38. The minimum atomic E-state index is -0.864. The molecule has 490 valence electrons. The number of pyridine rings is 3. The van der Waals surface area contributed by atoms with Crippen LogP contribution >= 0.6 is 0 Å². The fourth-order valence-corrected chi connectivity index (χ4v) is 11.9. The van der Waals surface area contributed by atoms with Gasteiger partial charge in [0.2, 0.25) is 17.6 Å². The summed E-state index contributed by atoms with van der Waals surface area (Å²) in [5.41, 5.74) is 10.1. The molecular formula is C76H88F3N7O7. The number of fused-ring (bicyclic) bond motifs is 5. The second kappa shape index (κ2) is 35.8. The molecule has 2 saturated heterocycles. The van der Waals surface area contributed by atoms with Crippen LogP contribution in [0.25, 0.3) is 0 Å². The van der Waals surface area contributed by atoms with Crippen molar-refractivity contribution in [3.05, 3.63) is 286 Å². The third-order valence-electron chi connectivity index (χ3n) is 15.9. The van der Waals surface area contributed by atoms with Crippen LogP contribution in [0.1, 0.15) is 126 Å². The van der Waals surface area contributed by atoms with Gasteiger partial charge < -0.3 is 24.3 Å². The first-order chi connectivity index (χ1) is 42.6. The van der Waals surface area contributed by atoms with Crippen molar-refractivity contribution in [2.75, 3.05) is 39.3 Å². The summed E-state index contributed by atoms with van der Waals surface area (Å²) < 4.78 is 60.8. The number of benzene rings is 6. The van der Waals surface area contributed by atoms with E-state index >= 15 is 0 Å². The van der Waals surface area contributed by atoms with Crippen molar-refractivity contribution < 1.29 is 46.5 Å². The monoisotopic (exact) mass is 1270 g/mol. The molecule has 1 N–H and O–H groups in total. The average molecular weight is 1270 g/mol. The van der Waals surface area contributed by atoms with E-state index in [2.05, 4.69) is 67.6 Å². The Bertz CT molecular complexity index is 3670. The van der Waals surface area contributed by atoms with E-state index in [1.807, 2.05) is 47.4 Å². The molecule has 3 aromatic heterocycles. The standard InChI is InChI=1S/C23H25FN2O2.C21H17FN2O2.C15H14FN.C11H8N2O3.6CH4/c24-19-7-5-18(6-8-19)22-21-4-2-1-3-17(21)10-12-26(22)23(27)28-20-13-16-9-11-25(14-16)15-20;22-17-10-8-16(9-11-17)20-18-6-2-1-5-15(18)12-14-24(20)21(25)26-19-7-3-4-13-23-19;16-13-7-5-12(6-8-13)15-14-4-2-1-3-11(14)9-10-17-15;14-11(15-9-5-1-3-7-12-9)16-10-6-2-4-8-13-10;;;;;;/h1-8,16,20,22H,9-15H2;1-11,13,20H,12,14H2;1-8,15,17H,9-10H2;1-8H;6*1H4/t16?,20?,22-;20-;15-;;;;;;;/m000......./s1. The van der Waals surface area contributed by atoms with E-state index in [9.17, 15) is 27.6 Å². The number of rotatable bonds is 7. The van der Waals surface area contributed by atoms with Crippen LogP contribution in [-0.4, -0.2) is 93.4 Å². The summed E-state index contributed by atoms with van der Waals surface area (Å²) in [6.45, 7) is 5.20. The Kier molecular flexibility index (Phi) is 28.5. The Morgan fingerprint density at radius 2 is 0.839 bits per heavy atom. The zero-order valence-corrected chi connectivity index (χ0v) is 47.6. The zero-order valence-electron chi connectivity index (χ0n) is 47.6. The van der Waals surface area contributed by atoms with E-state index in [1.54, 1.807) is 90.0 Å². The molecule has 3 unspecified atom stereocenters. The van der Waals surface area contributed by atoms with Crippen molar-refractivity contribution in [3.63, 3.8) is 0 Å². The van der Waals surface area contributed by atoms with E-state index in [0.717, 1.165) is 79.7 Å². The van der Waals surface area contributed by atoms with Gasteiger partial charge in [-0.2, -0.15) is 0 Å². The Balaban J connectivity index is 0.000000226. The highest BCUT2D eigenvalue weighted by molar-refractivity contribution is 5.73. The molecule has 14 rings (SSSR count). The summed E-state index contributed by atoms with van der Waals surface area (Å²) in [4.78, 5) is 54.8. The van der Waals surface area contributed by atoms with Gasteiger partial charge >= 0.3 is 18.3 Å². The summed E-state index contributed by atoms with van der Waals surface area (Å²) in [6.07, 6.45) is 7.79. The maximum absolute atomic E-state index is 13.5. The third kappa shape index (κ3) is 19.2. The quantitative estimate of drug-likeness (QED) is 0.151. The van der Waals surface area contributed by atoms with Crippen LogP contribution in [0, 0.1) is 23.4 Å². The lowest BCUT2D eigenvalue weighted by molar-refractivity contribution is 0.0184. The van der Waals surface area contributed by atoms with Crippen LogP contribution in [0.15, 0.2) is 219 Å². The minimum absolute atomic E-state index is 0. The predicted octanol–water partition coefficient (Wildman–Crippen LogP) is 17.3. The van der Waals surface area contributed by atoms with Crippen LogP contribution in [-0.2, 0) is 24.0 Å². The topological polar surface area (TPSA) is 149 Å². The summed E-state index contributed by atoms with van der Waals surface area (Å²) in [6, 6.07) is 58.9. The van der Waals surface area contributed by atoms with E-state index in [0.29, 0.717) is 19.0 Å². The van der Waals surface area contributed by atoms with Gasteiger partial charge in [0.1, 0.15) is 23.6 Å². The average Bonchev–Trinajstić information content (AvgIpc) is 0.934. The largest absolute Gasteiger partial charge is 0.522 e. The van der Waals surface area contributed by atoms with Crippen LogP contribution < -0.4 is 19.5 Å². The number of hydrogen-bond donors (Lipinski definition) is 1. The second-order valence-electron chi connectivity index (χ2n) is 21.6. The molecule has 0 saturated carbocycles.